The summed E-state index contributed by atoms with van der Waals surface area (Å²) in [7, 11) is 0. The largest absolute Gasteiger partial charge is 0.481 e. The maximum atomic E-state index is 10.9. The fraction of sp³-hybridized carbons (Fsp3) is 0.500. The number of carboxylic acids is 1. The lowest BCUT2D eigenvalue weighted by atomic mass is 9.91. The molecule has 0 spiro atoms. The molecule has 1 aliphatic rings. The van der Waals surface area contributed by atoms with Crippen molar-refractivity contribution in [1.82, 2.24) is 4.98 Å². The van der Waals surface area contributed by atoms with Crippen molar-refractivity contribution in [2.45, 2.75) is 26.2 Å². The molecule has 0 fully saturated rings. The third-order valence-corrected chi connectivity index (χ3v) is 3.61. The number of carbonyl (C=O) groups is 2. The first-order chi connectivity index (χ1) is 7.56. The van der Waals surface area contributed by atoms with E-state index in [1.54, 1.807) is 0 Å². The Balaban J connectivity index is 2.16. The number of carbonyl (C=O) groups excluding carboxylic acids is 1. The summed E-state index contributed by atoms with van der Waals surface area (Å²) in [6, 6.07) is 0. The Morgan fingerprint density at radius 1 is 1.56 bits per heavy atom. The Labute approximate surface area is 96.5 Å². The first-order valence-electron chi connectivity index (χ1n) is 5.05. The van der Waals surface area contributed by atoms with E-state index >= 15 is 0 Å². The van der Waals surface area contributed by atoms with Gasteiger partial charge in [-0.25, -0.2) is 4.98 Å². The van der Waals surface area contributed by atoms with Crippen LogP contribution in [0.25, 0.3) is 0 Å². The van der Waals surface area contributed by atoms with Crippen LogP contribution in [0.4, 0.5) is 5.13 Å². The highest BCUT2D eigenvalue weighted by molar-refractivity contribution is 7.15. The lowest BCUT2D eigenvalue weighted by molar-refractivity contribution is -0.142. The highest BCUT2D eigenvalue weighted by atomic mass is 32.1. The predicted octanol–water partition coefficient (Wildman–Crippen LogP) is 1.29. The number of fused-ring (bicyclic) bond motifs is 1. The van der Waals surface area contributed by atoms with Gasteiger partial charge >= 0.3 is 5.97 Å². The molecule has 0 aliphatic heterocycles. The van der Waals surface area contributed by atoms with Crippen LogP contribution in [0.3, 0.4) is 0 Å². The molecule has 1 amide bonds. The van der Waals surface area contributed by atoms with E-state index in [1.165, 1.54) is 18.3 Å². The minimum absolute atomic E-state index is 0.152. The second-order valence-electron chi connectivity index (χ2n) is 3.85. The SMILES string of the molecule is CC(=O)Nc1nc2c(s1)C[C@H](C(=O)O)CC2. The van der Waals surface area contributed by atoms with Gasteiger partial charge in [-0.3, -0.25) is 9.59 Å². The highest BCUT2D eigenvalue weighted by Gasteiger charge is 2.27. The van der Waals surface area contributed by atoms with Crippen molar-refractivity contribution in [3.05, 3.63) is 10.6 Å². The molecule has 2 rings (SSSR count). The Kier molecular flexibility index (Phi) is 2.91. The molecule has 0 bridgehead atoms. The van der Waals surface area contributed by atoms with Gasteiger partial charge in [0.05, 0.1) is 11.6 Å². The Hall–Kier alpha value is -1.43. The van der Waals surface area contributed by atoms with Gasteiger partial charge in [0.1, 0.15) is 0 Å². The molecule has 0 unspecified atom stereocenters. The molecule has 6 heteroatoms. The van der Waals surface area contributed by atoms with Crippen molar-refractivity contribution in [2.24, 2.45) is 5.92 Å². The first-order valence-corrected chi connectivity index (χ1v) is 5.87. The van der Waals surface area contributed by atoms with Gasteiger partial charge in [0.15, 0.2) is 5.13 Å². The van der Waals surface area contributed by atoms with Crippen LogP contribution in [0, 0.1) is 5.92 Å². The van der Waals surface area contributed by atoms with Crippen molar-refractivity contribution >= 4 is 28.3 Å². The Bertz CT molecular complexity index is 441. The van der Waals surface area contributed by atoms with Gasteiger partial charge in [-0.05, 0) is 19.3 Å². The van der Waals surface area contributed by atoms with Crippen molar-refractivity contribution < 1.29 is 14.7 Å². The zero-order chi connectivity index (χ0) is 11.7. The van der Waals surface area contributed by atoms with E-state index in [0.29, 0.717) is 24.4 Å². The summed E-state index contributed by atoms with van der Waals surface area (Å²) < 4.78 is 0. The summed E-state index contributed by atoms with van der Waals surface area (Å²) in [6.45, 7) is 1.43. The van der Waals surface area contributed by atoms with Crippen molar-refractivity contribution in [2.75, 3.05) is 5.32 Å². The highest BCUT2D eigenvalue weighted by Crippen LogP contribution is 2.32. The number of thiazole rings is 1. The number of nitrogens with one attached hydrogen (secondary N) is 1. The summed E-state index contributed by atoms with van der Waals surface area (Å²) >= 11 is 1.38. The maximum Gasteiger partial charge on any atom is 0.306 e. The topological polar surface area (TPSA) is 79.3 Å². The fourth-order valence-corrected chi connectivity index (χ4v) is 2.92. The summed E-state index contributed by atoms with van der Waals surface area (Å²) in [5.41, 5.74) is 0.936. The van der Waals surface area contributed by atoms with Crippen LogP contribution in [-0.2, 0) is 22.4 Å². The zero-order valence-corrected chi connectivity index (χ0v) is 9.63. The summed E-state index contributed by atoms with van der Waals surface area (Å²) in [4.78, 5) is 27.0. The van der Waals surface area contributed by atoms with Crippen LogP contribution in [0.2, 0.25) is 0 Å². The number of rotatable bonds is 2. The molecule has 1 heterocycles. The van der Waals surface area contributed by atoms with Gasteiger partial charge < -0.3 is 10.4 Å². The molecule has 2 N–H and O–H groups in total. The molecule has 1 aromatic rings. The molecule has 86 valence electrons. The summed E-state index contributed by atoms with van der Waals surface area (Å²) in [6.07, 6.45) is 1.84. The van der Waals surface area contributed by atoms with Gasteiger partial charge in [0.2, 0.25) is 5.91 Å². The number of aliphatic carboxylic acids is 1. The van der Waals surface area contributed by atoms with Crippen LogP contribution in [0.5, 0.6) is 0 Å². The van der Waals surface area contributed by atoms with Crippen LogP contribution < -0.4 is 5.32 Å². The second-order valence-corrected chi connectivity index (χ2v) is 4.93. The van der Waals surface area contributed by atoms with Gasteiger partial charge in [0.25, 0.3) is 0 Å². The van der Waals surface area contributed by atoms with Crippen LogP contribution in [-0.4, -0.2) is 22.0 Å². The number of hydrogen-bond acceptors (Lipinski definition) is 4. The average Bonchev–Trinajstić information content (AvgIpc) is 2.56. The lowest BCUT2D eigenvalue weighted by Crippen LogP contribution is -2.21. The standard InChI is InChI=1S/C10H12N2O3S/c1-5(13)11-10-12-7-3-2-6(9(14)15)4-8(7)16-10/h6H,2-4H2,1H3,(H,14,15)(H,11,12,13)/t6-/m1/s1. The maximum absolute atomic E-state index is 10.9. The van der Waals surface area contributed by atoms with Crippen molar-refractivity contribution in [1.29, 1.82) is 0 Å². The summed E-state index contributed by atoms with van der Waals surface area (Å²) in [5, 5.41) is 12.1. The molecular weight excluding hydrogens is 228 g/mol. The fourth-order valence-electron chi connectivity index (χ4n) is 1.79. The first kappa shape index (κ1) is 11.1. The predicted molar refractivity (Wildman–Crippen MR) is 59.6 cm³/mol. The van der Waals surface area contributed by atoms with Gasteiger partial charge in [-0.1, -0.05) is 0 Å². The van der Waals surface area contributed by atoms with E-state index in [4.69, 9.17) is 5.11 Å². The van der Waals surface area contributed by atoms with E-state index in [9.17, 15) is 9.59 Å². The lowest BCUT2D eigenvalue weighted by Gasteiger charge is -2.16. The van der Waals surface area contributed by atoms with E-state index in [2.05, 4.69) is 10.3 Å². The smallest absolute Gasteiger partial charge is 0.306 e. The molecule has 0 radical (unpaired) electrons. The molecule has 1 aromatic heterocycles. The van der Waals surface area contributed by atoms with Crippen LogP contribution in [0.15, 0.2) is 0 Å². The van der Waals surface area contributed by atoms with E-state index < -0.39 is 5.97 Å². The molecule has 0 saturated carbocycles. The minimum atomic E-state index is -0.750. The molecule has 0 saturated heterocycles. The Morgan fingerprint density at radius 3 is 2.94 bits per heavy atom. The van der Waals surface area contributed by atoms with Crippen LogP contribution >= 0.6 is 11.3 Å². The minimum Gasteiger partial charge on any atom is -0.481 e. The van der Waals surface area contributed by atoms with Crippen molar-refractivity contribution in [3.8, 4) is 0 Å². The van der Waals surface area contributed by atoms with E-state index in [0.717, 1.165) is 10.6 Å². The number of nitrogens with zero attached hydrogens (tertiary/aromatic N) is 1. The number of amides is 1. The van der Waals surface area contributed by atoms with E-state index in [-0.39, 0.29) is 11.8 Å². The number of anilines is 1. The average molecular weight is 240 g/mol. The Morgan fingerprint density at radius 2 is 2.31 bits per heavy atom. The number of carboxylic acid groups (broad SMARTS) is 1. The molecule has 16 heavy (non-hydrogen) atoms. The number of aryl methyl sites for hydroxylation is 1. The van der Waals surface area contributed by atoms with Crippen LogP contribution in [0.1, 0.15) is 23.9 Å². The van der Waals surface area contributed by atoms with Crippen molar-refractivity contribution in [3.63, 3.8) is 0 Å². The third kappa shape index (κ3) is 2.21. The number of hydrogen-bond donors (Lipinski definition) is 2. The van der Waals surface area contributed by atoms with Gasteiger partial charge in [0, 0.05) is 11.8 Å². The zero-order valence-electron chi connectivity index (χ0n) is 8.82. The van der Waals surface area contributed by atoms with Gasteiger partial charge in [-0.2, -0.15) is 0 Å². The van der Waals surface area contributed by atoms with E-state index in [1.807, 2.05) is 0 Å². The summed E-state index contributed by atoms with van der Waals surface area (Å²) in [5.74, 6) is -1.21. The molecule has 1 atom stereocenters. The normalized spacial score (nSPS) is 18.9. The second kappa shape index (κ2) is 4.21. The number of aromatic nitrogens is 1. The third-order valence-electron chi connectivity index (χ3n) is 2.57. The monoisotopic (exact) mass is 240 g/mol. The molecular formula is C10H12N2O3S. The van der Waals surface area contributed by atoms with Gasteiger partial charge in [-0.15, -0.1) is 11.3 Å². The molecule has 0 aromatic carbocycles. The molecule has 5 nitrogen and oxygen atoms in total. The quantitative estimate of drug-likeness (QED) is 0.816. The molecule has 1 aliphatic carbocycles.